The summed E-state index contributed by atoms with van der Waals surface area (Å²) in [6.07, 6.45) is 3.00. The molecular formula is C20H14Cl3N3O2. The van der Waals surface area contributed by atoms with Gasteiger partial charge in [-0.2, -0.15) is 5.10 Å². The second-order valence-corrected chi connectivity index (χ2v) is 6.79. The highest BCUT2D eigenvalue weighted by atomic mass is 35.5. The van der Waals surface area contributed by atoms with Crippen LogP contribution in [0.1, 0.15) is 21.5 Å². The number of nitrogens with one attached hydrogen (secondary N) is 1. The van der Waals surface area contributed by atoms with E-state index in [-0.39, 0.29) is 10.7 Å². The number of hydrogen-bond acceptors (Lipinski definition) is 4. The van der Waals surface area contributed by atoms with Gasteiger partial charge in [0.15, 0.2) is 0 Å². The van der Waals surface area contributed by atoms with Crippen LogP contribution < -0.4 is 10.2 Å². The van der Waals surface area contributed by atoms with Crippen molar-refractivity contribution in [3.63, 3.8) is 0 Å². The van der Waals surface area contributed by atoms with Gasteiger partial charge in [-0.25, -0.2) is 10.4 Å². The predicted octanol–water partition coefficient (Wildman–Crippen LogP) is 5.38. The number of carbonyl (C=O) groups excluding carboxylic acids is 1. The van der Waals surface area contributed by atoms with Crippen molar-refractivity contribution in [3.05, 3.63) is 92.7 Å². The van der Waals surface area contributed by atoms with Crippen LogP contribution in [-0.4, -0.2) is 17.1 Å². The number of pyridine rings is 1. The van der Waals surface area contributed by atoms with Gasteiger partial charge in [-0.15, -0.1) is 0 Å². The van der Waals surface area contributed by atoms with E-state index in [1.165, 1.54) is 12.4 Å². The molecule has 8 heteroatoms. The third-order valence-electron chi connectivity index (χ3n) is 3.67. The minimum atomic E-state index is -0.455. The molecule has 0 aliphatic carbocycles. The largest absolute Gasteiger partial charge is 0.488 e. The van der Waals surface area contributed by atoms with E-state index in [0.717, 1.165) is 5.56 Å². The van der Waals surface area contributed by atoms with Crippen LogP contribution in [0.5, 0.6) is 5.75 Å². The van der Waals surface area contributed by atoms with E-state index in [1.54, 1.807) is 30.3 Å². The highest BCUT2D eigenvalue weighted by Gasteiger charge is 2.09. The van der Waals surface area contributed by atoms with Gasteiger partial charge in [-0.1, -0.05) is 53.0 Å². The van der Waals surface area contributed by atoms with E-state index in [0.29, 0.717) is 28.0 Å². The van der Waals surface area contributed by atoms with Crippen LogP contribution in [0.15, 0.2) is 65.9 Å². The molecule has 0 fully saturated rings. The predicted molar refractivity (Wildman–Crippen MR) is 112 cm³/mol. The van der Waals surface area contributed by atoms with Crippen molar-refractivity contribution in [3.8, 4) is 5.75 Å². The Morgan fingerprint density at radius 2 is 1.89 bits per heavy atom. The lowest BCUT2D eigenvalue weighted by Gasteiger charge is -2.09. The number of hydrazone groups is 1. The number of amides is 1. The zero-order chi connectivity index (χ0) is 19.9. The van der Waals surface area contributed by atoms with E-state index >= 15 is 0 Å². The average molecular weight is 435 g/mol. The second kappa shape index (κ2) is 9.55. The fraction of sp³-hybridized carbons (Fsp3) is 0.0500. The van der Waals surface area contributed by atoms with Gasteiger partial charge >= 0.3 is 0 Å². The lowest BCUT2D eigenvalue weighted by Crippen LogP contribution is -2.18. The SMILES string of the molecule is O=C(NN=Cc1ccccc1OCc1ccc(Cl)c(Cl)c1)c1cccnc1Cl. The summed E-state index contributed by atoms with van der Waals surface area (Å²) >= 11 is 17.8. The number of para-hydroxylation sites is 1. The summed E-state index contributed by atoms with van der Waals surface area (Å²) in [6.45, 7) is 0.305. The summed E-state index contributed by atoms with van der Waals surface area (Å²) < 4.78 is 5.84. The molecular weight excluding hydrogens is 421 g/mol. The van der Waals surface area contributed by atoms with E-state index < -0.39 is 5.91 Å². The van der Waals surface area contributed by atoms with Crippen molar-refractivity contribution in [1.82, 2.24) is 10.4 Å². The normalized spacial score (nSPS) is 10.8. The number of halogens is 3. The minimum Gasteiger partial charge on any atom is -0.488 e. The topological polar surface area (TPSA) is 63.6 Å². The van der Waals surface area contributed by atoms with Crippen molar-refractivity contribution >= 4 is 46.9 Å². The van der Waals surface area contributed by atoms with Crippen molar-refractivity contribution in [2.24, 2.45) is 5.10 Å². The van der Waals surface area contributed by atoms with Crippen molar-refractivity contribution in [1.29, 1.82) is 0 Å². The second-order valence-electron chi connectivity index (χ2n) is 5.62. The molecule has 142 valence electrons. The number of aromatic nitrogens is 1. The number of carbonyl (C=O) groups is 1. The molecule has 0 saturated carbocycles. The smallest absolute Gasteiger partial charge is 0.274 e. The molecule has 0 aliphatic heterocycles. The maximum atomic E-state index is 12.1. The third-order valence-corrected chi connectivity index (χ3v) is 4.71. The highest BCUT2D eigenvalue weighted by Crippen LogP contribution is 2.24. The van der Waals surface area contributed by atoms with Crippen LogP contribution in [-0.2, 0) is 6.61 Å². The molecule has 1 N–H and O–H groups in total. The van der Waals surface area contributed by atoms with Crippen molar-refractivity contribution in [2.75, 3.05) is 0 Å². The minimum absolute atomic E-state index is 0.112. The summed E-state index contributed by atoms with van der Waals surface area (Å²) in [5.74, 6) is 0.148. The molecule has 3 aromatic rings. The zero-order valence-electron chi connectivity index (χ0n) is 14.4. The fourth-order valence-electron chi connectivity index (χ4n) is 2.29. The van der Waals surface area contributed by atoms with Crippen LogP contribution in [0, 0.1) is 0 Å². The molecule has 0 saturated heterocycles. The first-order valence-corrected chi connectivity index (χ1v) is 9.27. The lowest BCUT2D eigenvalue weighted by atomic mass is 10.2. The zero-order valence-corrected chi connectivity index (χ0v) is 16.7. The molecule has 1 amide bonds. The number of hydrogen-bond donors (Lipinski definition) is 1. The summed E-state index contributed by atoms with van der Waals surface area (Å²) in [4.78, 5) is 16.0. The average Bonchev–Trinajstić information content (AvgIpc) is 2.70. The molecule has 0 spiro atoms. The van der Waals surface area contributed by atoms with Crippen LogP contribution in [0.25, 0.3) is 0 Å². The first kappa shape index (κ1) is 20.1. The highest BCUT2D eigenvalue weighted by molar-refractivity contribution is 6.42. The number of rotatable bonds is 6. The molecule has 1 heterocycles. The molecule has 0 aliphatic rings. The van der Waals surface area contributed by atoms with Crippen LogP contribution in [0.4, 0.5) is 0 Å². The van der Waals surface area contributed by atoms with Crippen LogP contribution in [0.3, 0.4) is 0 Å². The fourth-order valence-corrected chi connectivity index (χ4v) is 2.81. The summed E-state index contributed by atoms with van der Waals surface area (Å²) in [5.41, 5.74) is 4.23. The van der Waals surface area contributed by atoms with Gasteiger partial charge in [0.1, 0.15) is 17.5 Å². The first-order valence-electron chi connectivity index (χ1n) is 8.14. The van der Waals surface area contributed by atoms with Gasteiger partial charge in [-0.3, -0.25) is 4.79 Å². The molecule has 5 nitrogen and oxygen atoms in total. The van der Waals surface area contributed by atoms with Gasteiger partial charge in [0, 0.05) is 11.8 Å². The Bertz CT molecular complexity index is 1030. The molecule has 1 aromatic heterocycles. The molecule has 0 radical (unpaired) electrons. The Balaban J connectivity index is 1.66. The van der Waals surface area contributed by atoms with Gasteiger partial charge in [0.05, 0.1) is 21.8 Å². The Hall–Kier alpha value is -2.60. The van der Waals surface area contributed by atoms with E-state index in [2.05, 4.69) is 15.5 Å². The van der Waals surface area contributed by atoms with E-state index in [9.17, 15) is 4.79 Å². The quantitative estimate of drug-likeness (QED) is 0.322. The molecule has 0 unspecified atom stereocenters. The maximum Gasteiger partial charge on any atom is 0.274 e. The monoisotopic (exact) mass is 433 g/mol. The Morgan fingerprint density at radius 3 is 2.68 bits per heavy atom. The van der Waals surface area contributed by atoms with Crippen LogP contribution in [0.2, 0.25) is 15.2 Å². The molecule has 28 heavy (non-hydrogen) atoms. The van der Waals surface area contributed by atoms with Gasteiger partial charge < -0.3 is 4.74 Å². The summed E-state index contributed by atoms with van der Waals surface area (Å²) in [6, 6.07) is 15.8. The van der Waals surface area contributed by atoms with E-state index in [1.807, 2.05) is 24.3 Å². The van der Waals surface area contributed by atoms with Gasteiger partial charge in [0.2, 0.25) is 0 Å². The summed E-state index contributed by atoms with van der Waals surface area (Å²) in [7, 11) is 0. The molecule has 0 bridgehead atoms. The molecule has 2 aromatic carbocycles. The lowest BCUT2D eigenvalue weighted by molar-refractivity contribution is 0.0955. The maximum absolute atomic E-state index is 12.1. The first-order chi connectivity index (χ1) is 13.5. The number of nitrogens with zero attached hydrogens (tertiary/aromatic N) is 2. The Kier molecular flexibility index (Phi) is 6.87. The van der Waals surface area contributed by atoms with Crippen molar-refractivity contribution < 1.29 is 9.53 Å². The van der Waals surface area contributed by atoms with Crippen LogP contribution >= 0.6 is 34.8 Å². The number of ether oxygens (including phenoxy) is 1. The standard InChI is InChI=1S/C20H14Cl3N3O2/c21-16-8-7-13(10-17(16)22)12-28-18-6-2-1-4-14(18)11-25-26-20(27)15-5-3-9-24-19(15)23/h1-11H,12H2,(H,26,27). The van der Waals surface area contributed by atoms with Gasteiger partial charge in [-0.05, 0) is 42.0 Å². The van der Waals surface area contributed by atoms with Gasteiger partial charge in [0.25, 0.3) is 5.91 Å². The third kappa shape index (κ3) is 5.23. The van der Waals surface area contributed by atoms with Crippen molar-refractivity contribution in [2.45, 2.75) is 6.61 Å². The number of benzene rings is 2. The molecule has 0 atom stereocenters. The summed E-state index contributed by atoms with van der Waals surface area (Å²) in [5, 5.41) is 5.04. The molecule has 3 rings (SSSR count). The Morgan fingerprint density at radius 1 is 1.07 bits per heavy atom. The van der Waals surface area contributed by atoms with E-state index in [4.69, 9.17) is 39.5 Å². The Labute approximate surface area is 176 Å².